The van der Waals surface area contributed by atoms with E-state index in [1.807, 2.05) is 11.8 Å². The first-order chi connectivity index (χ1) is 10.6. The second-order valence-corrected chi connectivity index (χ2v) is 6.63. The van der Waals surface area contributed by atoms with Gasteiger partial charge in [-0.05, 0) is 24.1 Å². The molecule has 0 aromatic heterocycles. The molecule has 1 aromatic rings. The van der Waals surface area contributed by atoms with Crippen molar-refractivity contribution in [2.24, 2.45) is 0 Å². The Morgan fingerprint density at radius 2 is 2.05 bits per heavy atom. The fourth-order valence-electron chi connectivity index (χ4n) is 2.77. The van der Waals surface area contributed by atoms with E-state index in [-0.39, 0.29) is 12.1 Å². The van der Waals surface area contributed by atoms with Crippen molar-refractivity contribution >= 4 is 17.8 Å². The van der Waals surface area contributed by atoms with Crippen molar-refractivity contribution in [2.75, 3.05) is 31.2 Å². The SMILES string of the molecule is O=C(N[C@H]1CCO[C@H]1c1ccc(F)c(F)c1)N1CCSCC1. The number of ether oxygens (including phenoxy) is 1. The lowest BCUT2D eigenvalue weighted by atomic mass is 10.0. The van der Waals surface area contributed by atoms with E-state index in [2.05, 4.69) is 5.32 Å². The Kier molecular flexibility index (Phi) is 4.83. The van der Waals surface area contributed by atoms with Crippen LogP contribution in [0.5, 0.6) is 0 Å². The Morgan fingerprint density at radius 1 is 1.27 bits per heavy atom. The Hall–Kier alpha value is -1.34. The van der Waals surface area contributed by atoms with E-state index in [0.29, 0.717) is 18.6 Å². The third kappa shape index (κ3) is 3.35. The molecule has 2 saturated heterocycles. The molecule has 7 heteroatoms. The summed E-state index contributed by atoms with van der Waals surface area (Å²) in [6.45, 7) is 1.96. The molecule has 0 bridgehead atoms. The number of benzene rings is 1. The van der Waals surface area contributed by atoms with Crippen LogP contribution in [-0.4, -0.2) is 48.2 Å². The predicted molar refractivity (Wildman–Crippen MR) is 80.9 cm³/mol. The number of halogens is 2. The molecule has 22 heavy (non-hydrogen) atoms. The maximum absolute atomic E-state index is 13.4. The Bertz CT molecular complexity index is 552. The minimum Gasteiger partial charge on any atom is -0.371 e. The summed E-state index contributed by atoms with van der Waals surface area (Å²) >= 11 is 1.84. The van der Waals surface area contributed by atoms with Gasteiger partial charge in [-0.15, -0.1) is 0 Å². The fraction of sp³-hybridized carbons (Fsp3) is 0.533. The monoisotopic (exact) mass is 328 g/mol. The Balaban J connectivity index is 1.67. The molecule has 3 rings (SSSR count). The van der Waals surface area contributed by atoms with Gasteiger partial charge >= 0.3 is 6.03 Å². The van der Waals surface area contributed by atoms with Crippen LogP contribution in [0.1, 0.15) is 18.1 Å². The van der Waals surface area contributed by atoms with Gasteiger partial charge in [0.05, 0.1) is 6.04 Å². The molecule has 2 heterocycles. The number of amides is 2. The molecule has 0 spiro atoms. The molecule has 0 saturated carbocycles. The van der Waals surface area contributed by atoms with E-state index in [1.54, 1.807) is 4.90 Å². The highest BCUT2D eigenvalue weighted by atomic mass is 32.2. The van der Waals surface area contributed by atoms with Crippen molar-refractivity contribution in [3.8, 4) is 0 Å². The van der Waals surface area contributed by atoms with Crippen molar-refractivity contribution in [1.29, 1.82) is 0 Å². The van der Waals surface area contributed by atoms with Crippen LogP contribution in [0.4, 0.5) is 13.6 Å². The molecule has 2 atom stereocenters. The van der Waals surface area contributed by atoms with Crippen LogP contribution in [0.2, 0.25) is 0 Å². The summed E-state index contributed by atoms with van der Waals surface area (Å²) in [4.78, 5) is 14.1. The molecule has 0 unspecified atom stereocenters. The third-order valence-corrected chi connectivity index (χ3v) is 4.91. The summed E-state index contributed by atoms with van der Waals surface area (Å²) in [7, 11) is 0. The maximum atomic E-state index is 13.4. The lowest BCUT2D eigenvalue weighted by Gasteiger charge is -2.29. The van der Waals surface area contributed by atoms with Crippen LogP contribution < -0.4 is 5.32 Å². The van der Waals surface area contributed by atoms with Gasteiger partial charge in [0.2, 0.25) is 0 Å². The smallest absolute Gasteiger partial charge is 0.317 e. The van der Waals surface area contributed by atoms with Gasteiger partial charge in [0.15, 0.2) is 11.6 Å². The van der Waals surface area contributed by atoms with Gasteiger partial charge in [-0.3, -0.25) is 0 Å². The fourth-order valence-corrected chi connectivity index (χ4v) is 3.67. The molecular weight excluding hydrogens is 310 g/mol. The summed E-state index contributed by atoms with van der Waals surface area (Å²) in [6, 6.07) is 3.41. The highest BCUT2D eigenvalue weighted by molar-refractivity contribution is 7.99. The lowest BCUT2D eigenvalue weighted by molar-refractivity contribution is 0.0979. The topological polar surface area (TPSA) is 41.6 Å². The number of rotatable bonds is 2. The molecular formula is C15H18F2N2O2S. The molecule has 1 N–H and O–H groups in total. The quantitative estimate of drug-likeness (QED) is 0.907. The second-order valence-electron chi connectivity index (χ2n) is 5.41. The van der Waals surface area contributed by atoms with Crippen molar-refractivity contribution in [1.82, 2.24) is 10.2 Å². The van der Waals surface area contributed by atoms with Crippen LogP contribution in [-0.2, 0) is 4.74 Å². The molecule has 2 fully saturated rings. The van der Waals surface area contributed by atoms with Crippen LogP contribution in [0.25, 0.3) is 0 Å². The Labute approximate surface area is 132 Å². The van der Waals surface area contributed by atoms with Gasteiger partial charge < -0.3 is 15.0 Å². The first kappa shape index (κ1) is 15.6. The molecule has 2 aliphatic rings. The van der Waals surface area contributed by atoms with E-state index < -0.39 is 17.7 Å². The normalized spacial score (nSPS) is 25.3. The van der Waals surface area contributed by atoms with Crippen LogP contribution in [0.3, 0.4) is 0 Å². The van der Waals surface area contributed by atoms with Crippen molar-refractivity contribution in [3.63, 3.8) is 0 Å². The molecule has 120 valence electrons. The highest BCUT2D eigenvalue weighted by Crippen LogP contribution is 2.30. The number of nitrogens with one attached hydrogen (secondary N) is 1. The number of thioether (sulfide) groups is 1. The molecule has 2 aliphatic heterocycles. The van der Waals surface area contributed by atoms with E-state index >= 15 is 0 Å². The third-order valence-electron chi connectivity index (χ3n) is 3.97. The molecule has 0 aliphatic carbocycles. The lowest BCUT2D eigenvalue weighted by Crippen LogP contribution is -2.48. The van der Waals surface area contributed by atoms with Gasteiger partial charge in [0.25, 0.3) is 0 Å². The molecule has 4 nitrogen and oxygen atoms in total. The average molecular weight is 328 g/mol. The predicted octanol–water partition coefficient (Wildman–Crippen LogP) is 2.55. The van der Waals surface area contributed by atoms with Gasteiger partial charge in [-0.25, -0.2) is 13.6 Å². The van der Waals surface area contributed by atoms with Crippen LogP contribution in [0, 0.1) is 11.6 Å². The number of carbonyl (C=O) groups excluding carboxylic acids is 1. The minimum atomic E-state index is -0.897. The number of urea groups is 1. The van der Waals surface area contributed by atoms with Gasteiger partial charge in [0.1, 0.15) is 6.10 Å². The average Bonchev–Trinajstić information content (AvgIpc) is 2.99. The van der Waals surface area contributed by atoms with Crippen LogP contribution in [0.15, 0.2) is 18.2 Å². The maximum Gasteiger partial charge on any atom is 0.317 e. The number of hydrogen-bond donors (Lipinski definition) is 1. The summed E-state index contributed by atoms with van der Waals surface area (Å²) in [5.41, 5.74) is 0.552. The number of hydrogen-bond acceptors (Lipinski definition) is 3. The highest BCUT2D eigenvalue weighted by Gasteiger charge is 2.32. The van der Waals surface area contributed by atoms with Crippen molar-refractivity contribution in [3.05, 3.63) is 35.4 Å². The first-order valence-corrected chi connectivity index (χ1v) is 8.50. The number of nitrogens with zero attached hydrogens (tertiary/aromatic N) is 1. The van der Waals surface area contributed by atoms with E-state index in [4.69, 9.17) is 4.74 Å². The van der Waals surface area contributed by atoms with Crippen LogP contribution >= 0.6 is 11.8 Å². The van der Waals surface area contributed by atoms with Crippen molar-refractivity contribution < 1.29 is 18.3 Å². The summed E-state index contributed by atoms with van der Waals surface area (Å²) in [5.74, 6) is 0.113. The molecule has 2 amide bonds. The summed E-state index contributed by atoms with van der Waals surface area (Å²) in [5, 5.41) is 2.97. The van der Waals surface area contributed by atoms with Gasteiger partial charge in [0, 0.05) is 31.2 Å². The zero-order chi connectivity index (χ0) is 15.5. The second kappa shape index (κ2) is 6.83. The summed E-state index contributed by atoms with van der Waals surface area (Å²) < 4.78 is 32.0. The molecule has 1 aromatic carbocycles. The first-order valence-electron chi connectivity index (χ1n) is 7.35. The molecule has 0 radical (unpaired) electrons. The van der Waals surface area contributed by atoms with E-state index in [0.717, 1.165) is 36.7 Å². The summed E-state index contributed by atoms with van der Waals surface area (Å²) in [6.07, 6.45) is 0.232. The van der Waals surface area contributed by atoms with Gasteiger partial charge in [-0.1, -0.05) is 6.07 Å². The zero-order valence-corrected chi connectivity index (χ0v) is 12.9. The standard InChI is InChI=1S/C15H18F2N2O2S/c16-11-2-1-10(9-12(11)17)14-13(3-6-21-14)18-15(20)19-4-7-22-8-5-19/h1-2,9,13-14H,3-8H2,(H,18,20)/t13-,14-/m0/s1. The van der Waals surface area contributed by atoms with E-state index in [9.17, 15) is 13.6 Å². The van der Waals surface area contributed by atoms with Crippen molar-refractivity contribution in [2.45, 2.75) is 18.6 Å². The largest absolute Gasteiger partial charge is 0.371 e. The zero-order valence-electron chi connectivity index (χ0n) is 12.1. The van der Waals surface area contributed by atoms with Gasteiger partial charge in [-0.2, -0.15) is 11.8 Å². The minimum absolute atomic E-state index is 0.108. The Morgan fingerprint density at radius 3 is 2.77 bits per heavy atom. The van der Waals surface area contributed by atoms with E-state index in [1.165, 1.54) is 6.07 Å². The number of carbonyl (C=O) groups is 1.